The van der Waals surface area contributed by atoms with Crippen molar-refractivity contribution >= 4 is 11.9 Å². The zero-order valence-corrected chi connectivity index (χ0v) is 9.14. The van der Waals surface area contributed by atoms with Crippen molar-refractivity contribution in [3.05, 3.63) is 18.2 Å². The minimum absolute atomic E-state index is 0.164. The van der Waals surface area contributed by atoms with Crippen LogP contribution in [0.15, 0.2) is 12.5 Å². The quantitative estimate of drug-likeness (QED) is 0.525. The Morgan fingerprint density at radius 2 is 2.35 bits per heavy atom. The van der Waals surface area contributed by atoms with E-state index in [1.807, 2.05) is 0 Å². The standard InChI is InChI=1S/C10H14N4O3/c11-10(1-2-10)9(17)14-7(8(15)16)3-6-4-12-5-13-6/h4-5,7H,1-3,11H2,(H,12,13)(H,14,17)(H,15,16)/t7-/m0/s1. The second-order valence-corrected chi connectivity index (χ2v) is 4.30. The molecule has 0 bridgehead atoms. The average Bonchev–Trinajstić information content (AvgIpc) is 2.83. The Labute approximate surface area is 97.4 Å². The molecule has 1 aromatic rings. The summed E-state index contributed by atoms with van der Waals surface area (Å²) in [5, 5.41) is 11.5. The van der Waals surface area contributed by atoms with Gasteiger partial charge in [-0.05, 0) is 12.8 Å². The maximum atomic E-state index is 11.6. The molecule has 0 unspecified atom stereocenters. The SMILES string of the molecule is NC1(C(=O)N[C@@H](Cc2cnc[nH]2)C(=O)O)CC1. The number of amides is 1. The summed E-state index contributed by atoms with van der Waals surface area (Å²) in [6, 6.07) is -0.982. The highest BCUT2D eigenvalue weighted by Crippen LogP contribution is 2.32. The molecule has 0 aliphatic heterocycles. The second kappa shape index (κ2) is 4.17. The third-order valence-corrected chi connectivity index (χ3v) is 2.82. The van der Waals surface area contributed by atoms with Gasteiger partial charge < -0.3 is 21.1 Å². The lowest BCUT2D eigenvalue weighted by atomic mass is 10.1. The Morgan fingerprint density at radius 3 is 2.82 bits per heavy atom. The number of hydrogen-bond acceptors (Lipinski definition) is 4. The smallest absolute Gasteiger partial charge is 0.326 e. The van der Waals surface area contributed by atoms with Gasteiger partial charge in [0.15, 0.2) is 0 Å². The number of carboxylic acid groups (broad SMARTS) is 1. The van der Waals surface area contributed by atoms with Crippen LogP contribution >= 0.6 is 0 Å². The lowest BCUT2D eigenvalue weighted by molar-refractivity contribution is -0.142. The van der Waals surface area contributed by atoms with E-state index in [0.717, 1.165) is 0 Å². The number of H-pyrrole nitrogens is 1. The molecule has 1 saturated carbocycles. The van der Waals surface area contributed by atoms with Crippen LogP contribution in [-0.4, -0.2) is 38.5 Å². The van der Waals surface area contributed by atoms with E-state index in [0.29, 0.717) is 18.5 Å². The highest BCUT2D eigenvalue weighted by Gasteiger charge is 2.46. The van der Waals surface area contributed by atoms with Gasteiger partial charge in [-0.25, -0.2) is 9.78 Å². The minimum Gasteiger partial charge on any atom is -0.480 e. The second-order valence-electron chi connectivity index (χ2n) is 4.30. The normalized spacial score (nSPS) is 18.4. The molecule has 1 aliphatic carbocycles. The molecule has 0 spiro atoms. The Bertz CT molecular complexity index is 425. The number of nitrogens with one attached hydrogen (secondary N) is 2. The van der Waals surface area contributed by atoms with Crippen LogP contribution in [0.2, 0.25) is 0 Å². The van der Waals surface area contributed by atoms with E-state index in [1.165, 1.54) is 12.5 Å². The van der Waals surface area contributed by atoms with Crippen LogP contribution in [-0.2, 0) is 16.0 Å². The first kappa shape index (κ1) is 11.6. The first-order chi connectivity index (χ1) is 8.01. The van der Waals surface area contributed by atoms with E-state index in [1.54, 1.807) is 0 Å². The van der Waals surface area contributed by atoms with Crippen molar-refractivity contribution < 1.29 is 14.7 Å². The van der Waals surface area contributed by atoms with Crippen LogP contribution in [0.3, 0.4) is 0 Å². The predicted octanol–water partition coefficient (Wildman–Crippen LogP) is -0.987. The van der Waals surface area contributed by atoms with Crippen molar-refractivity contribution in [2.45, 2.75) is 30.8 Å². The Hall–Kier alpha value is -1.89. The zero-order valence-electron chi connectivity index (χ0n) is 9.14. The van der Waals surface area contributed by atoms with Crippen LogP contribution in [0.1, 0.15) is 18.5 Å². The average molecular weight is 238 g/mol. The molecule has 1 aromatic heterocycles. The number of carboxylic acids is 1. The van der Waals surface area contributed by atoms with Crippen molar-refractivity contribution in [1.29, 1.82) is 0 Å². The summed E-state index contributed by atoms with van der Waals surface area (Å²) in [6.45, 7) is 0. The van der Waals surface area contributed by atoms with Gasteiger partial charge in [-0.15, -0.1) is 0 Å². The molecular weight excluding hydrogens is 224 g/mol. The van der Waals surface area contributed by atoms with Gasteiger partial charge in [0.1, 0.15) is 6.04 Å². The minimum atomic E-state index is -1.09. The van der Waals surface area contributed by atoms with Gasteiger partial charge in [-0.2, -0.15) is 0 Å². The summed E-state index contributed by atoms with van der Waals surface area (Å²) < 4.78 is 0. The van der Waals surface area contributed by atoms with E-state index in [9.17, 15) is 9.59 Å². The number of imidazole rings is 1. The molecule has 1 fully saturated rings. The largest absolute Gasteiger partial charge is 0.480 e. The van der Waals surface area contributed by atoms with Crippen molar-refractivity contribution in [1.82, 2.24) is 15.3 Å². The highest BCUT2D eigenvalue weighted by atomic mass is 16.4. The summed E-state index contributed by atoms with van der Waals surface area (Å²) in [4.78, 5) is 29.2. The van der Waals surface area contributed by atoms with Gasteiger partial charge in [0, 0.05) is 18.3 Å². The summed E-state index contributed by atoms with van der Waals surface area (Å²) in [7, 11) is 0. The first-order valence-electron chi connectivity index (χ1n) is 5.31. The fourth-order valence-corrected chi connectivity index (χ4v) is 1.48. The first-order valence-corrected chi connectivity index (χ1v) is 5.31. The van der Waals surface area contributed by atoms with Crippen LogP contribution < -0.4 is 11.1 Å². The molecule has 1 heterocycles. The number of aliphatic carboxylic acids is 1. The Kier molecular flexibility index (Phi) is 2.84. The van der Waals surface area contributed by atoms with Crippen molar-refractivity contribution in [3.8, 4) is 0 Å². The summed E-state index contributed by atoms with van der Waals surface area (Å²) in [6.07, 6.45) is 4.36. The van der Waals surface area contributed by atoms with Gasteiger partial charge in [-0.1, -0.05) is 0 Å². The number of nitrogens with zero attached hydrogens (tertiary/aromatic N) is 1. The monoisotopic (exact) mass is 238 g/mol. The molecule has 17 heavy (non-hydrogen) atoms. The highest BCUT2D eigenvalue weighted by molar-refractivity contribution is 5.92. The number of aromatic amines is 1. The molecule has 7 nitrogen and oxygen atoms in total. The van der Waals surface area contributed by atoms with Gasteiger partial charge in [-0.3, -0.25) is 4.79 Å². The van der Waals surface area contributed by atoms with Crippen LogP contribution in [0.25, 0.3) is 0 Å². The molecule has 1 atom stereocenters. The van der Waals surface area contributed by atoms with E-state index in [2.05, 4.69) is 15.3 Å². The lowest BCUT2D eigenvalue weighted by Crippen LogP contribution is -2.50. The van der Waals surface area contributed by atoms with E-state index < -0.39 is 23.5 Å². The summed E-state index contributed by atoms with van der Waals surface area (Å²) >= 11 is 0. The topological polar surface area (TPSA) is 121 Å². The number of rotatable bonds is 5. The molecule has 7 heteroatoms. The van der Waals surface area contributed by atoms with Crippen molar-refractivity contribution in [2.75, 3.05) is 0 Å². The molecule has 1 amide bonds. The predicted molar refractivity (Wildman–Crippen MR) is 58.0 cm³/mol. The molecule has 0 saturated heterocycles. The van der Waals surface area contributed by atoms with E-state index in [-0.39, 0.29) is 6.42 Å². The number of aromatic nitrogens is 2. The molecule has 0 aromatic carbocycles. The molecular formula is C10H14N4O3. The fraction of sp³-hybridized carbons (Fsp3) is 0.500. The fourth-order valence-electron chi connectivity index (χ4n) is 1.48. The Balaban J connectivity index is 1.98. The summed E-state index contributed by atoms with van der Waals surface area (Å²) in [5.41, 5.74) is 5.48. The van der Waals surface area contributed by atoms with E-state index >= 15 is 0 Å². The number of nitrogens with two attached hydrogens (primary N) is 1. The zero-order chi connectivity index (χ0) is 12.5. The molecule has 1 aliphatic rings. The molecule has 0 radical (unpaired) electrons. The van der Waals surface area contributed by atoms with Gasteiger partial charge in [0.2, 0.25) is 5.91 Å². The van der Waals surface area contributed by atoms with Gasteiger partial charge in [0.05, 0.1) is 11.9 Å². The van der Waals surface area contributed by atoms with Crippen LogP contribution in [0, 0.1) is 0 Å². The van der Waals surface area contributed by atoms with E-state index in [4.69, 9.17) is 10.8 Å². The maximum absolute atomic E-state index is 11.6. The van der Waals surface area contributed by atoms with Crippen molar-refractivity contribution in [2.24, 2.45) is 5.73 Å². The van der Waals surface area contributed by atoms with Gasteiger partial charge >= 0.3 is 5.97 Å². The third-order valence-electron chi connectivity index (χ3n) is 2.82. The number of hydrogen-bond donors (Lipinski definition) is 4. The van der Waals surface area contributed by atoms with Gasteiger partial charge in [0.25, 0.3) is 0 Å². The molecule has 5 N–H and O–H groups in total. The number of carbonyl (C=O) groups is 2. The van der Waals surface area contributed by atoms with Crippen molar-refractivity contribution in [3.63, 3.8) is 0 Å². The lowest BCUT2D eigenvalue weighted by Gasteiger charge is -2.16. The van der Waals surface area contributed by atoms with Crippen LogP contribution in [0.4, 0.5) is 0 Å². The number of carbonyl (C=O) groups excluding carboxylic acids is 1. The third kappa shape index (κ3) is 2.62. The van der Waals surface area contributed by atoms with Crippen LogP contribution in [0.5, 0.6) is 0 Å². The summed E-state index contributed by atoms with van der Waals surface area (Å²) in [5.74, 6) is -1.48. The molecule has 2 rings (SSSR count). The maximum Gasteiger partial charge on any atom is 0.326 e. The Morgan fingerprint density at radius 1 is 1.65 bits per heavy atom. The molecule has 92 valence electrons.